The molecule has 32 heavy (non-hydrogen) atoms. The molecule has 6 nitrogen and oxygen atoms in total. The molecule has 1 saturated heterocycles. The van der Waals surface area contributed by atoms with E-state index in [4.69, 9.17) is 0 Å². The molecule has 0 radical (unpaired) electrons. The third-order valence-electron chi connectivity index (χ3n) is 5.86. The van der Waals surface area contributed by atoms with Crippen molar-refractivity contribution in [3.8, 4) is 0 Å². The molecule has 2 aromatic heterocycles. The summed E-state index contributed by atoms with van der Waals surface area (Å²) in [6.45, 7) is 6.74. The van der Waals surface area contributed by atoms with Crippen LogP contribution >= 0.6 is 11.3 Å². The van der Waals surface area contributed by atoms with Crippen LogP contribution in [-0.2, 0) is 9.59 Å². The van der Waals surface area contributed by atoms with E-state index in [1.54, 1.807) is 6.20 Å². The minimum atomic E-state index is -0.246. The summed E-state index contributed by atoms with van der Waals surface area (Å²) in [5.41, 5.74) is 3.70. The Hall–Kier alpha value is -3.45. The van der Waals surface area contributed by atoms with Gasteiger partial charge in [0.1, 0.15) is 11.5 Å². The molecule has 2 amide bonds. The van der Waals surface area contributed by atoms with Gasteiger partial charge in [0.15, 0.2) is 0 Å². The second kappa shape index (κ2) is 8.24. The fourth-order valence-corrected chi connectivity index (χ4v) is 5.23. The van der Waals surface area contributed by atoms with Gasteiger partial charge in [-0.2, -0.15) is 0 Å². The average Bonchev–Trinajstić information content (AvgIpc) is 3.40. The van der Waals surface area contributed by atoms with Crippen molar-refractivity contribution >= 4 is 40.2 Å². The van der Waals surface area contributed by atoms with Crippen LogP contribution in [-0.4, -0.2) is 47.9 Å². The maximum Gasteiger partial charge on any atom is 0.282 e. The van der Waals surface area contributed by atoms with Gasteiger partial charge in [-0.25, -0.2) is 9.88 Å². The Kier molecular flexibility index (Phi) is 5.27. The number of benzene rings is 1. The molecular formula is C25H24N4O2S. The number of carbonyl (C=O) groups is 2. The zero-order chi connectivity index (χ0) is 22.2. The highest BCUT2D eigenvalue weighted by Crippen LogP contribution is 2.37. The van der Waals surface area contributed by atoms with Gasteiger partial charge in [-0.1, -0.05) is 18.2 Å². The highest BCUT2D eigenvalue weighted by Gasteiger charge is 2.43. The number of aromatic nitrogens is 1. The molecule has 1 aromatic carbocycles. The summed E-state index contributed by atoms with van der Waals surface area (Å²) < 4.78 is 0. The molecule has 0 aliphatic carbocycles. The van der Waals surface area contributed by atoms with E-state index in [1.807, 2.05) is 67.8 Å². The van der Waals surface area contributed by atoms with E-state index >= 15 is 0 Å². The van der Waals surface area contributed by atoms with E-state index < -0.39 is 0 Å². The lowest BCUT2D eigenvalue weighted by molar-refractivity contribution is -0.120. The molecular weight excluding hydrogens is 420 g/mol. The lowest BCUT2D eigenvalue weighted by Gasteiger charge is -2.37. The Morgan fingerprint density at radius 1 is 0.844 bits per heavy atom. The largest absolute Gasteiger partial charge is 0.363 e. The highest BCUT2D eigenvalue weighted by molar-refractivity contribution is 7.11. The first-order chi connectivity index (χ1) is 15.5. The normalized spacial score (nSPS) is 17.0. The average molecular weight is 445 g/mol. The van der Waals surface area contributed by atoms with Crippen LogP contribution in [0.5, 0.6) is 0 Å². The second-order valence-electron chi connectivity index (χ2n) is 8.15. The van der Waals surface area contributed by atoms with E-state index in [2.05, 4.69) is 14.8 Å². The van der Waals surface area contributed by atoms with Gasteiger partial charge < -0.3 is 9.80 Å². The van der Waals surface area contributed by atoms with Gasteiger partial charge in [0.25, 0.3) is 11.8 Å². The number of piperazine rings is 1. The molecule has 162 valence electrons. The Balaban J connectivity index is 1.49. The molecule has 0 unspecified atom stereocenters. The number of hydrogen-bond donors (Lipinski definition) is 0. The number of amides is 2. The molecule has 3 aromatic rings. The Morgan fingerprint density at radius 3 is 2.19 bits per heavy atom. The lowest BCUT2D eigenvalue weighted by atomic mass is 10.1. The quantitative estimate of drug-likeness (QED) is 0.572. The second-order valence-corrected chi connectivity index (χ2v) is 9.10. The Labute approximate surface area is 191 Å². The van der Waals surface area contributed by atoms with Crippen LogP contribution in [0.1, 0.15) is 16.0 Å². The van der Waals surface area contributed by atoms with Gasteiger partial charge >= 0.3 is 0 Å². The molecule has 2 aliphatic heterocycles. The first kappa shape index (κ1) is 20.5. The molecule has 2 aliphatic rings. The standard InChI is InChI=1S/C25H24N4O2S/c1-17-14-18(2)16-19(15-17)29-24(30)22(20-6-5-13-32-20)23(25(29)31)28-11-9-27(10-12-28)21-7-3-4-8-26-21/h3-8,13-16H,9-12H2,1-2H3. The first-order valence-electron chi connectivity index (χ1n) is 10.7. The van der Waals surface area contributed by atoms with E-state index in [1.165, 1.54) is 16.2 Å². The number of hydrogen-bond acceptors (Lipinski definition) is 6. The molecule has 0 saturated carbocycles. The molecule has 0 spiro atoms. The number of thiophene rings is 1. The molecule has 0 atom stereocenters. The van der Waals surface area contributed by atoms with Crippen molar-refractivity contribution in [1.29, 1.82) is 0 Å². The number of aryl methyl sites for hydroxylation is 2. The minimum absolute atomic E-state index is 0.241. The highest BCUT2D eigenvalue weighted by atomic mass is 32.1. The number of rotatable bonds is 4. The summed E-state index contributed by atoms with van der Waals surface area (Å²) in [4.78, 5) is 38.2. The number of anilines is 2. The van der Waals surface area contributed by atoms with E-state index in [-0.39, 0.29) is 11.8 Å². The van der Waals surface area contributed by atoms with Crippen molar-refractivity contribution in [2.75, 3.05) is 36.0 Å². The maximum atomic E-state index is 13.7. The summed E-state index contributed by atoms with van der Waals surface area (Å²) >= 11 is 1.49. The zero-order valence-electron chi connectivity index (χ0n) is 18.1. The van der Waals surface area contributed by atoms with Gasteiger partial charge in [-0.05, 0) is 60.7 Å². The lowest BCUT2D eigenvalue weighted by Crippen LogP contribution is -2.48. The molecule has 5 rings (SSSR count). The molecule has 7 heteroatoms. The van der Waals surface area contributed by atoms with E-state index in [0.717, 1.165) is 34.9 Å². The van der Waals surface area contributed by atoms with Crippen LogP contribution in [0.2, 0.25) is 0 Å². The van der Waals surface area contributed by atoms with Crippen molar-refractivity contribution < 1.29 is 9.59 Å². The fourth-order valence-electron chi connectivity index (χ4n) is 4.47. The molecule has 0 bridgehead atoms. The maximum absolute atomic E-state index is 13.7. The van der Waals surface area contributed by atoms with Crippen LogP contribution in [0.4, 0.5) is 11.5 Å². The van der Waals surface area contributed by atoms with E-state index in [0.29, 0.717) is 30.0 Å². The third kappa shape index (κ3) is 3.58. The summed E-state index contributed by atoms with van der Waals surface area (Å²) in [6, 6.07) is 15.6. The van der Waals surface area contributed by atoms with Crippen LogP contribution in [0.25, 0.3) is 5.57 Å². The monoisotopic (exact) mass is 444 g/mol. The molecule has 4 heterocycles. The predicted octanol–water partition coefficient (Wildman–Crippen LogP) is 3.87. The van der Waals surface area contributed by atoms with Crippen LogP contribution in [0.3, 0.4) is 0 Å². The first-order valence-corrected chi connectivity index (χ1v) is 11.6. The van der Waals surface area contributed by atoms with Crippen LogP contribution < -0.4 is 9.80 Å². The van der Waals surface area contributed by atoms with Crippen LogP contribution in [0, 0.1) is 13.8 Å². The Morgan fingerprint density at radius 2 is 1.56 bits per heavy atom. The SMILES string of the molecule is Cc1cc(C)cc(N2C(=O)C(c3cccs3)=C(N3CCN(c4ccccn4)CC3)C2=O)c1. The summed E-state index contributed by atoms with van der Waals surface area (Å²) in [5, 5.41) is 1.94. The number of imide groups is 1. The smallest absolute Gasteiger partial charge is 0.282 e. The van der Waals surface area contributed by atoms with Crippen molar-refractivity contribution in [2.24, 2.45) is 0 Å². The topological polar surface area (TPSA) is 56.8 Å². The number of pyridine rings is 1. The minimum Gasteiger partial charge on any atom is -0.363 e. The van der Waals surface area contributed by atoms with Gasteiger partial charge in [0.2, 0.25) is 0 Å². The van der Waals surface area contributed by atoms with Crippen molar-refractivity contribution in [1.82, 2.24) is 9.88 Å². The molecule has 1 fully saturated rings. The van der Waals surface area contributed by atoms with Gasteiger partial charge in [0, 0.05) is 37.3 Å². The number of carbonyl (C=O) groups excluding carboxylic acids is 2. The van der Waals surface area contributed by atoms with Crippen LogP contribution in [0.15, 0.2) is 65.8 Å². The van der Waals surface area contributed by atoms with Gasteiger partial charge in [-0.15, -0.1) is 11.3 Å². The zero-order valence-corrected chi connectivity index (χ0v) is 18.9. The van der Waals surface area contributed by atoms with E-state index in [9.17, 15) is 9.59 Å². The summed E-state index contributed by atoms with van der Waals surface area (Å²) in [5.74, 6) is 0.449. The van der Waals surface area contributed by atoms with Gasteiger partial charge in [0.05, 0.1) is 11.3 Å². The predicted molar refractivity (Wildman–Crippen MR) is 128 cm³/mol. The Bertz CT molecular complexity index is 1180. The van der Waals surface area contributed by atoms with Gasteiger partial charge in [-0.3, -0.25) is 9.59 Å². The van der Waals surface area contributed by atoms with Crippen molar-refractivity contribution in [3.63, 3.8) is 0 Å². The summed E-state index contributed by atoms with van der Waals surface area (Å²) in [7, 11) is 0. The number of nitrogens with zero attached hydrogens (tertiary/aromatic N) is 4. The third-order valence-corrected chi connectivity index (χ3v) is 6.75. The summed E-state index contributed by atoms with van der Waals surface area (Å²) in [6.07, 6.45) is 1.79. The van der Waals surface area contributed by atoms with Crippen molar-refractivity contribution in [2.45, 2.75) is 13.8 Å². The molecule has 0 N–H and O–H groups in total. The fraction of sp³-hybridized carbons (Fsp3) is 0.240. The van der Waals surface area contributed by atoms with Crippen molar-refractivity contribution in [3.05, 3.63) is 81.8 Å².